The molecule has 3 N–H and O–H groups in total. The zero-order valence-corrected chi connectivity index (χ0v) is 11.8. The minimum atomic E-state index is -0.663. The molecular formula is C14H13N5OS. The van der Waals surface area contributed by atoms with E-state index in [1.807, 2.05) is 41.8 Å². The molecule has 3 rings (SSSR count). The Balaban J connectivity index is 1.76. The van der Waals surface area contributed by atoms with Crippen molar-refractivity contribution in [2.24, 2.45) is 5.73 Å². The van der Waals surface area contributed by atoms with E-state index in [-0.39, 0.29) is 5.91 Å². The van der Waals surface area contributed by atoms with Crippen molar-refractivity contribution in [3.8, 4) is 5.69 Å². The summed E-state index contributed by atoms with van der Waals surface area (Å²) in [6, 6.07) is 10.5. The first kappa shape index (κ1) is 13.5. The smallest absolute Gasteiger partial charge is 0.246 e. The standard InChI is InChI=1S/C14H13N5OS/c15-13(12-5-2-6-21-12)14(20)18-10-3-1-4-11(7-10)19-8-16-17-9-19/h1-9,13H,15H2,(H,18,20). The van der Waals surface area contributed by atoms with Crippen LogP contribution in [0.5, 0.6) is 0 Å². The molecule has 1 amide bonds. The van der Waals surface area contributed by atoms with Crippen LogP contribution >= 0.6 is 11.3 Å². The molecule has 0 bridgehead atoms. The number of aromatic nitrogens is 3. The van der Waals surface area contributed by atoms with Crippen molar-refractivity contribution < 1.29 is 4.79 Å². The Hall–Kier alpha value is -2.51. The predicted octanol–water partition coefficient (Wildman–Crippen LogP) is 1.97. The van der Waals surface area contributed by atoms with Crippen LogP contribution in [0.2, 0.25) is 0 Å². The van der Waals surface area contributed by atoms with E-state index in [9.17, 15) is 4.79 Å². The Morgan fingerprint density at radius 1 is 1.24 bits per heavy atom. The number of carbonyl (C=O) groups excluding carboxylic acids is 1. The summed E-state index contributed by atoms with van der Waals surface area (Å²) in [5.74, 6) is -0.238. The number of nitrogens with zero attached hydrogens (tertiary/aromatic N) is 3. The fourth-order valence-electron chi connectivity index (χ4n) is 1.90. The van der Waals surface area contributed by atoms with E-state index in [0.29, 0.717) is 5.69 Å². The third-order valence-electron chi connectivity index (χ3n) is 2.96. The highest BCUT2D eigenvalue weighted by Crippen LogP contribution is 2.20. The first-order chi connectivity index (χ1) is 10.2. The fraction of sp³-hybridized carbons (Fsp3) is 0.0714. The van der Waals surface area contributed by atoms with Gasteiger partial charge in [-0.05, 0) is 29.6 Å². The SMILES string of the molecule is NC(C(=O)Nc1cccc(-n2cnnc2)c1)c1cccs1. The van der Waals surface area contributed by atoms with Gasteiger partial charge < -0.3 is 11.1 Å². The van der Waals surface area contributed by atoms with Gasteiger partial charge in [0.2, 0.25) is 5.91 Å². The van der Waals surface area contributed by atoms with Crippen LogP contribution < -0.4 is 11.1 Å². The average Bonchev–Trinajstić information content (AvgIpc) is 3.20. The second-order valence-corrected chi connectivity index (χ2v) is 5.38. The number of nitrogens with two attached hydrogens (primary N) is 1. The highest BCUT2D eigenvalue weighted by Gasteiger charge is 2.16. The van der Waals surface area contributed by atoms with Gasteiger partial charge in [0, 0.05) is 10.6 Å². The van der Waals surface area contributed by atoms with Crippen LogP contribution in [0.1, 0.15) is 10.9 Å². The number of carbonyl (C=O) groups is 1. The molecule has 1 unspecified atom stereocenters. The van der Waals surface area contributed by atoms with E-state index in [1.54, 1.807) is 17.2 Å². The molecule has 106 valence electrons. The van der Waals surface area contributed by atoms with Crippen molar-refractivity contribution in [2.75, 3.05) is 5.32 Å². The lowest BCUT2D eigenvalue weighted by atomic mass is 10.2. The highest BCUT2D eigenvalue weighted by atomic mass is 32.1. The van der Waals surface area contributed by atoms with Crippen molar-refractivity contribution in [3.05, 3.63) is 59.3 Å². The summed E-state index contributed by atoms with van der Waals surface area (Å²) >= 11 is 1.46. The van der Waals surface area contributed by atoms with E-state index >= 15 is 0 Å². The molecule has 3 aromatic rings. The van der Waals surface area contributed by atoms with E-state index in [1.165, 1.54) is 11.3 Å². The molecule has 2 aromatic heterocycles. The van der Waals surface area contributed by atoms with E-state index in [2.05, 4.69) is 15.5 Å². The molecule has 2 heterocycles. The summed E-state index contributed by atoms with van der Waals surface area (Å²) < 4.78 is 1.76. The molecular weight excluding hydrogens is 286 g/mol. The summed E-state index contributed by atoms with van der Waals surface area (Å²) in [4.78, 5) is 13.0. The van der Waals surface area contributed by atoms with Crippen LogP contribution in [0.25, 0.3) is 5.69 Å². The topological polar surface area (TPSA) is 85.8 Å². The molecule has 0 saturated heterocycles. The molecule has 7 heteroatoms. The maximum absolute atomic E-state index is 12.1. The van der Waals surface area contributed by atoms with Gasteiger partial charge in [0.25, 0.3) is 0 Å². The van der Waals surface area contributed by atoms with E-state index < -0.39 is 6.04 Å². The van der Waals surface area contributed by atoms with Crippen molar-refractivity contribution in [1.29, 1.82) is 0 Å². The van der Waals surface area contributed by atoms with Crippen LogP contribution in [0.4, 0.5) is 5.69 Å². The van der Waals surface area contributed by atoms with Crippen LogP contribution in [0.3, 0.4) is 0 Å². The number of amides is 1. The second kappa shape index (κ2) is 5.86. The molecule has 0 saturated carbocycles. The Morgan fingerprint density at radius 3 is 2.76 bits per heavy atom. The van der Waals surface area contributed by atoms with Gasteiger partial charge >= 0.3 is 0 Å². The summed E-state index contributed by atoms with van der Waals surface area (Å²) in [6.45, 7) is 0. The third kappa shape index (κ3) is 2.99. The van der Waals surface area contributed by atoms with Crippen LogP contribution in [0, 0.1) is 0 Å². The number of anilines is 1. The van der Waals surface area contributed by atoms with Gasteiger partial charge in [0.05, 0.1) is 5.69 Å². The van der Waals surface area contributed by atoms with Crippen LogP contribution in [0.15, 0.2) is 54.4 Å². The van der Waals surface area contributed by atoms with Crippen LogP contribution in [-0.2, 0) is 4.79 Å². The first-order valence-corrected chi connectivity index (χ1v) is 7.17. The van der Waals surface area contributed by atoms with Gasteiger partial charge in [-0.15, -0.1) is 21.5 Å². The Morgan fingerprint density at radius 2 is 2.05 bits per heavy atom. The molecule has 6 nitrogen and oxygen atoms in total. The van der Waals surface area contributed by atoms with Gasteiger partial charge in [-0.2, -0.15) is 0 Å². The Kier molecular flexibility index (Phi) is 3.76. The Bertz CT molecular complexity index is 724. The number of rotatable bonds is 4. The molecule has 0 radical (unpaired) electrons. The quantitative estimate of drug-likeness (QED) is 0.771. The molecule has 21 heavy (non-hydrogen) atoms. The van der Waals surface area contributed by atoms with Crippen molar-refractivity contribution in [2.45, 2.75) is 6.04 Å². The third-order valence-corrected chi connectivity index (χ3v) is 3.92. The number of hydrogen-bond acceptors (Lipinski definition) is 5. The lowest BCUT2D eigenvalue weighted by Crippen LogP contribution is -2.27. The number of benzene rings is 1. The molecule has 0 aliphatic carbocycles. The molecule has 0 spiro atoms. The van der Waals surface area contributed by atoms with Crippen molar-refractivity contribution >= 4 is 22.9 Å². The average molecular weight is 299 g/mol. The zero-order chi connectivity index (χ0) is 14.7. The number of hydrogen-bond donors (Lipinski definition) is 2. The normalized spacial score (nSPS) is 12.0. The minimum Gasteiger partial charge on any atom is -0.324 e. The van der Waals surface area contributed by atoms with Gasteiger partial charge in [-0.1, -0.05) is 12.1 Å². The molecule has 0 aliphatic heterocycles. The summed E-state index contributed by atoms with van der Waals surface area (Å²) in [6.07, 6.45) is 3.19. The lowest BCUT2D eigenvalue weighted by Gasteiger charge is -2.11. The molecule has 0 fully saturated rings. The summed E-state index contributed by atoms with van der Waals surface area (Å²) in [5.41, 5.74) is 7.48. The van der Waals surface area contributed by atoms with E-state index in [0.717, 1.165) is 10.6 Å². The van der Waals surface area contributed by atoms with Crippen LogP contribution in [-0.4, -0.2) is 20.7 Å². The first-order valence-electron chi connectivity index (χ1n) is 6.29. The number of thiophene rings is 1. The van der Waals surface area contributed by atoms with Gasteiger partial charge in [0.1, 0.15) is 18.7 Å². The monoisotopic (exact) mass is 299 g/mol. The molecule has 1 atom stereocenters. The highest BCUT2D eigenvalue weighted by molar-refractivity contribution is 7.10. The van der Waals surface area contributed by atoms with Crippen molar-refractivity contribution in [3.63, 3.8) is 0 Å². The maximum Gasteiger partial charge on any atom is 0.246 e. The second-order valence-electron chi connectivity index (χ2n) is 4.40. The van der Waals surface area contributed by atoms with Gasteiger partial charge in [-0.3, -0.25) is 9.36 Å². The van der Waals surface area contributed by atoms with Gasteiger partial charge in [0.15, 0.2) is 0 Å². The molecule has 0 aliphatic rings. The maximum atomic E-state index is 12.1. The summed E-state index contributed by atoms with van der Waals surface area (Å²) in [5, 5.41) is 12.2. The van der Waals surface area contributed by atoms with Crippen molar-refractivity contribution in [1.82, 2.24) is 14.8 Å². The number of nitrogens with one attached hydrogen (secondary N) is 1. The van der Waals surface area contributed by atoms with E-state index in [4.69, 9.17) is 5.73 Å². The zero-order valence-electron chi connectivity index (χ0n) is 11.0. The molecule has 1 aromatic carbocycles. The van der Waals surface area contributed by atoms with Gasteiger partial charge in [-0.25, -0.2) is 0 Å². The minimum absolute atomic E-state index is 0.238. The fourth-order valence-corrected chi connectivity index (χ4v) is 2.62. The Labute approximate surface area is 125 Å². The lowest BCUT2D eigenvalue weighted by molar-refractivity contribution is -0.117. The largest absolute Gasteiger partial charge is 0.324 e. The predicted molar refractivity (Wildman–Crippen MR) is 81.2 cm³/mol. The summed E-state index contributed by atoms with van der Waals surface area (Å²) in [7, 11) is 0.